The van der Waals surface area contributed by atoms with E-state index < -0.39 is 11.2 Å². The predicted octanol–water partition coefficient (Wildman–Crippen LogP) is 5.00. The molecule has 0 aliphatic carbocycles. The lowest BCUT2D eigenvalue weighted by molar-refractivity contribution is 0.351. The molecule has 1 heterocycles. The third kappa shape index (κ3) is 2.88. The highest BCUT2D eigenvalue weighted by atomic mass is 79.9. The van der Waals surface area contributed by atoms with E-state index in [-0.39, 0.29) is 0 Å². The molecular formula is C13H11BrClFO2S. The van der Waals surface area contributed by atoms with Crippen molar-refractivity contribution < 1.29 is 13.9 Å². The maximum Gasteiger partial charge on any atom is 0.163 e. The zero-order valence-corrected chi connectivity index (χ0v) is 13.4. The van der Waals surface area contributed by atoms with Crippen LogP contribution in [0.25, 0.3) is 0 Å². The van der Waals surface area contributed by atoms with Gasteiger partial charge in [0, 0.05) is 21.0 Å². The Morgan fingerprint density at radius 2 is 1.89 bits per heavy atom. The Morgan fingerprint density at radius 1 is 1.26 bits per heavy atom. The van der Waals surface area contributed by atoms with Gasteiger partial charge in [0.2, 0.25) is 0 Å². The predicted molar refractivity (Wildman–Crippen MR) is 79.2 cm³/mol. The first-order chi connectivity index (χ1) is 9.08. The van der Waals surface area contributed by atoms with E-state index in [9.17, 15) is 4.39 Å². The molecule has 0 aliphatic rings. The van der Waals surface area contributed by atoms with Crippen LogP contribution in [0, 0.1) is 5.82 Å². The molecule has 2 aromatic rings. The molecule has 0 radical (unpaired) electrons. The van der Waals surface area contributed by atoms with Crippen LogP contribution in [0.1, 0.15) is 15.8 Å². The van der Waals surface area contributed by atoms with Crippen molar-refractivity contribution >= 4 is 38.9 Å². The molecule has 19 heavy (non-hydrogen) atoms. The van der Waals surface area contributed by atoms with E-state index in [2.05, 4.69) is 15.9 Å². The number of halogens is 3. The number of hydrogen-bond acceptors (Lipinski definition) is 3. The van der Waals surface area contributed by atoms with Crippen LogP contribution in [0.5, 0.6) is 11.5 Å². The summed E-state index contributed by atoms with van der Waals surface area (Å²) in [6, 6.07) is 4.73. The SMILES string of the molecule is COc1cc(F)c(C(Cl)c2sccc2Br)cc1OC. The quantitative estimate of drug-likeness (QED) is 0.710. The second-order valence-corrected chi connectivity index (χ2v) is 5.96. The zero-order valence-electron chi connectivity index (χ0n) is 10.2. The number of methoxy groups -OCH3 is 2. The van der Waals surface area contributed by atoms with Crippen LogP contribution >= 0.6 is 38.9 Å². The number of hydrogen-bond donors (Lipinski definition) is 0. The molecule has 0 bridgehead atoms. The fraction of sp³-hybridized carbons (Fsp3) is 0.231. The Kier molecular flexibility index (Phi) is 4.71. The van der Waals surface area contributed by atoms with Gasteiger partial charge in [0.15, 0.2) is 11.5 Å². The van der Waals surface area contributed by atoms with Gasteiger partial charge in [-0.1, -0.05) is 0 Å². The van der Waals surface area contributed by atoms with Gasteiger partial charge >= 0.3 is 0 Å². The number of rotatable bonds is 4. The molecule has 6 heteroatoms. The third-order valence-electron chi connectivity index (χ3n) is 2.65. The van der Waals surface area contributed by atoms with Crippen molar-refractivity contribution in [2.45, 2.75) is 5.38 Å². The molecule has 2 nitrogen and oxygen atoms in total. The van der Waals surface area contributed by atoms with E-state index >= 15 is 0 Å². The molecule has 0 amide bonds. The van der Waals surface area contributed by atoms with Crippen molar-refractivity contribution in [1.82, 2.24) is 0 Å². The van der Waals surface area contributed by atoms with E-state index in [0.717, 1.165) is 9.35 Å². The fourth-order valence-corrected chi connectivity index (χ4v) is 3.86. The van der Waals surface area contributed by atoms with Crippen LogP contribution in [0.4, 0.5) is 4.39 Å². The minimum absolute atomic E-state index is 0.345. The summed E-state index contributed by atoms with van der Waals surface area (Å²) in [4.78, 5) is 0.854. The monoisotopic (exact) mass is 364 g/mol. The highest BCUT2D eigenvalue weighted by molar-refractivity contribution is 9.10. The van der Waals surface area contributed by atoms with Crippen LogP contribution < -0.4 is 9.47 Å². The normalized spacial score (nSPS) is 12.3. The largest absolute Gasteiger partial charge is 0.493 e. The molecule has 2 rings (SSSR count). The van der Waals surface area contributed by atoms with Crippen molar-refractivity contribution in [1.29, 1.82) is 0 Å². The van der Waals surface area contributed by atoms with Gasteiger partial charge in [0.1, 0.15) is 5.82 Å². The smallest absolute Gasteiger partial charge is 0.163 e. The Hall–Kier alpha value is -0.780. The lowest BCUT2D eigenvalue weighted by Gasteiger charge is -2.14. The van der Waals surface area contributed by atoms with Crippen LogP contribution in [0.3, 0.4) is 0 Å². The maximum absolute atomic E-state index is 14.1. The highest BCUT2D eigenvalue weighted by Crippen LogP contribution is 2.41. The molecule has 0 spiro atoms. The first kappa shape index (κ1) is 14.6. The van der Waals surface area contributed by atoms with E-state index in [1.807, 2.05) is 11.4 Å². The average molecular weight is 366 g/mol. The molecule has 102 valence electrons. The van der Waals surface area contributed by atoms with Gasteiger partial charge in [-0.3, -0.25) is 0 Å². The summed E-state index contributed by atoms with van der Waals surface area (Å²) in [5.41, 5.74) is 0.363. The summed E-state index contributed by atoms with van der Waals surface area (Å²) < 4.78 is 25.2. The minimum atomic E-state index is -0.575. The number of thiophene rings is 1. The van der Waals surface area contributed by atoms with Crippen LogP contribution in [0.15, 0.2) is 28.1 Å². The second kappa shape index (κ2) is 6.11. The summed E-state index contributed by atoms with van der Waals surface area (Å²) in [6.45, 7) is 0. The van der Waals surface area contributed by atoms with Crippen molar-refractivity contribution in [2.75, 3.05) is 14.2 Å². The topological polar surface area (TPSA) is 18.5 Å². The van der Waals surface area contributed by atoms with Gasteiger partial charge in [0.25, 0.3) is 0 Å². The molecule has 1 aromatic heterocycles. The average Bonchev–Trinajstić information content (AvgIpc) is 2.83. The van der Waals surface area contributed by atoms with E-state index in [1.165, 1.54) is 31.6 Å². The lowest BCUT2D eigenvalue weighted by atomic mass is 10.1. The van der Waals surface area contributed by atoms with Gasteiger partial charge in [0.05, 0.1) is 19.6 Å². The molecule has 0 fully saturated rings. The van der Waals surface area contributed by atoms with Crippen molar-refractivity contribution in [3.05, 3.63) is 44.3 Å². The van der Waals surface area contributed by atoms with E-state index in [1.54, 1.807) is 6.07 Å². The molecule has 0 aliphatic heterocycles. The summed E-state index contributed by atoms with van der Waals surface area (Å²) >= 11 is 11.2. The lowest BCUT2D eigenvalue weighted by Crippen LogP contribution is -1.99. The van der Waals surface area contributed by atoms with E-state index in [4.69, 9.17) is 21.1 Å². The first-order valence-electron chi connectivity index (χ1n) is 5.36. The standard InChI is InChI=1S/C13H11BrClFO2S/c1-17-10-5-7(9(16)6-11(10)18-2)12(15)13-8(14)3-4-19-13/h3-6,12H,1-2H3. The van der Waals surface area contributed by atoms with Crippen LogP contribution in [-0.2, 0) is 0 Å². The molecule has 1 aromatic carbocycles. The zero-order chi connectivity index (χ0) is 14.0. The summed E-state index contributed by atoms with van der Waals surface area (Å²) in [5, 5.41) is 1.32. The highest BCUT2D eigenvalue weighted by Gasteiger charge is 2.21. The number of ether oxygens (including phenoxy) is 2. The van der Waals surface area contributed by atoms with Crippen molar-refractivity contribution in [3.8, 4) is 11.5 Å². The van der Waals surface area contributed by atoms with Crippen LogP contribution in [0.2, 0.25) is 0 Å². The molecule has 1 unspecified atom stereocenters. The summed E-state index contributed by atoms with van der Waals surface area (Å²) in [6.07, 6.45) is 0. The van der Waals surface area contributed by atoms with Gasteiger partial charge in [-0.05, 0) is 33.4 Å². The van der Waals surface area contributed by atoms with Gasteiger partial charge in [-0.2, -0.15) is 0 Å². The van der Waals surface area contributed by atoms with Crippen molar-refractivity contribution in [3.63, 3.8) is 0 Å². The summed E-state index contributed by atoms with van der Waals surface area (Å²) in [7, 11) is 2.97. The molecule has 0 saturated carbocycles. The summed E-state index contributed by atoms with van der Waals surface area (Å²) in [5.74, 6) is 0.382. The fourth-order valence-electron chi connectivity index (χ4n) is 1.69. The Morgan fingerprint density at radius 3 is 2.42 bits per heavy atom. The van der Waals surface area contributed by atoms with Gasteiger partial charge < -0.3 is 9.47 Å². The van der Waals surface area contributed by atoms with Crippen molar-refractivity contribution in [2.24, 2.45) is 0 Å². The van der Waals surface area contributed by atoms with Gasteiger partial charge in [-0.25, -0.2) is 4.39 Å². The first-order valence-corrected chi connectivity index (χ1v) is 7.47. The minimum Gasteiger partial charge on any atom is -0.493 e. The Balaban J connectivity index is 2.48. The van der Waals surface area contributed by atoms with Crippen LogP contribution in [-0.4, -0.2) is 14.2 Å². The molecular weight excluding hydrogens is 355 g/mol. The third-order valence-corrected chi connectivity index (χ3v) is 5.17. The second-order valence-electron chi connectivity index (χ2n) is 3.72. The molecule has 1 atom stereocenters. The van der Waals surface area contributed by atoms with E-state index in [0.29, 0.717) is 17.1 Å². The molecule has 0 N–H and O–H groups in total. The maximum atomic E-state index is 14.1. The Labute approximate surface area is 128 Å². The number of benzene rings is 1. The molecule has 0 saturated heterocycles. The Bertz CT molecular complexity index is 588. The van der Waals surface area contributed by atoms with Gasteiger partial charge in [-0.15, -0.1) is 22.9 Å². The number of alkyl halides is 1.